The molecule has 2 heterocycles. The molecule has 0 radical (unpaired) electrons. The van der Waals surface area contributed by atoms with Crippen molar-refractivity contribution >= 4 is 17.7 Å². The summed E-state index contributed by atoms with van der Waals surface area (Å²) in [4.78, 5) is 19.2. The average molecular weight is 420 g/mol. The Morgan fingerprint density at radius 2 is 2.03 bits per heavy atom. The molecule has 1 atom stereocenters. The van der Waals surface area contributed by atoms with E-state index in [1.165, 1.54) is 22.9 Å². The van der Waals surface area contributed by atoms with Gasteiger partial charge in [-0.25, -0.2) is 0 Å². The van der Waals surface area contributed by atoms with Crippen LogP contribution in [0, 0.1) is 0 Å². The summed E-state index contributed by atoms with van der Waals surface area (Å²) >= 11 is 1.49. The van der Waals surface area contributed by atoms with Crippen molar-refractivity contribution in [2.45, 2.75) is 49.3 Å². The molecule has 5 rings (SSSR count). The molecular formula is C23H25N5OS. The van der Waals surface area contributed by atoms with Crippen LogP contribution in [-0.2, 0) is 11.2 Å². The van der Waals surface area contributed by atoms with E-state index in [0.717, 1.165) is 48.6 Å². The first-order valence-corrected chi connectivity index (χ1v) is 11.5. The number of hydrogen-bond acceptors (Lipinski definition) is 5. The zero-order chi connectivity index (χ0) is 20.5. The molecule has 154 valence electrons. The topological polar surface area (TPSA) is 63.9 Å². The second-order valence-electron chi connectivity index (χ2n) is 8.05. The molecule has 1 amide bonds. The summed E-state index contributed by atoms with van der Waals surface area (Å²) in [5, 5.41) is 9.65. The van der Waals surface area contributed by atoms with Gasteiger partial charge >= 0.3 is 0 Å². The summed E-state index contributed by atoms with van der Waals surface area (Å²) < 4.78 is 2.19. The maximum atomic E-state index is 13.0. The second kappa shape index (κ2) is 8.22. The van der Waals surface area contributed by atoms with E-state index in [1.54, 1.807) is 6.20 Å². The lowest BCUT2D eigenvalue weighted by Crippen LogP contribution is -2.34. The van der Waals surface area contributed by atoms with Gasteiger partial charge < -0.3 is 4.90 Å². The van der Waals surface area contributed by atoms with Crippen LogP contribution in [0.25, 0.3) is 11.4 Å². The number of aryl methyl sites for hydroxylation is 1. The molecule has 2 aliphatic rings. The fraction of sp³-hybridized carbons (Fsp3) is 0.391. The molecule has 1 fully saturated rings. The number of thioether (sulfide) groups is 1. The normalized spacial score (nSPS) is 18.1. The fourth-order valence-electron chi connectivity index (χ4n) is 4.26. The number of hydrogen-bond donors (Lipinski definition) is 0. The van der Waals surface area contributed by atoms with Gasteiger partial charge in [0, 0.05) is 31.0 Å². The number of pyridine rings is 1. The molecule has 0 N–H and O–H groups in total. The Kier molecular flexibility index (Phi) is 5.29. The zero-order valence-corrected chi connectivity index (χ0v) is 17.9. The SMILES string of the molecule is CN(C(=O)CSc1nnc(-c2cccnc2)n1C1CC1)C1CCCc2ccccc21. The van der Waals surface area contributed by atoms with Crippen molar-refractivity contribution in [1.82, 2.24) is 24.6 Å². The first kappa shape index (κ1) is 19.3. The van der Waals surface area contributed by atoms with Gasteiger partial charge in [0.15, 0.2) is 11.0 Å². The van der Waals surface area contributed by atoms with Gasteiger partial charge in [-0.1, -0.05) is 36.0 Å². The molecule has 1 saturated carbocycles. The van der Waals surface area contributed by atoms with E-state index in [4.69, 9.17) is 0 Å². The maximum Gasteiger partial charge on any atom is 0.233 e. The van der Waals surface area contributed by atoms with E-state index in [1.807, 2.05) is 30.3 Å². The fourth-order valence-corrected chi connectivity index (χ4v) is 5.19. The Balaban J connectivity index is 1.31. The van der Waals surface area contributed by atoms with E-state index in [0.29, 0.717) is 11.8 Å². The van der Waals surface area contributed by atoms with Crippen molar-refractivity contribution in [3.63, 3.8) is 0 Å². The lowest BCUT2D eigenvalue weighted by Gasteiger charge is -2.33. The van der Waals surface area contributed by atoms with Crippen LogP contribution in [0.5, 0.6) is 0 Å². The van der Waals surface area contributed by atoms with Crippen LogP contribution >= 0.6 is 11.8 Å². The monoisotopic (exact) mass is 419 g/mol. The van der Waals surface area contributed by atoms with Crippen LogP contribution in [0.3, 0.4) is 0 Å². The van der Waals surface area contributed by atoms with E-state index in [9.17, 15) is 4.79 Å². The van der Waals surface area contributed by atoms with Crippen LogP contribution in [-0.4, -0.2) is 43.4 Å². The lowest BCUT2D eigenvalue weighted by atomic mass is 9.87. The predicted octanol–water partition coefficient (Wildman–Crippen LogP) is 4.30. The Morgan fingerprint density at radius 3 is 2.83 bits per heavy atom. The quantitative estimate of drug-likeness (QED) is 0.557. The Labute approximate surface area is 180 Å². The average Bonchev–Trinajstić information content (AvgIpc) is 3.55. The standard InChI is InChI=1S/C23H25N5OS/c1-27(20-10-4-7-16-6-2-3-9-19(16)20)21(29)15-30-23-26-25-22(28(23)18-11-12-18)17-8-5-13-24-14-17/h2-3,5-6,8-9,13-14,18,20H,4,7,10-12,15H2,1H3. The minimum Gasteiger partial charge on any atom is -0.338 e. The number of nitrogens with zero attached hydrogens (tertiary/aromatic N) is 5. The number of fused-ring (bicyclic) bond motifs is 1. The summed E-state index contributed by atoms with van der Waals surface area (Å²) in [6, 6.07) is 13.0. The molecule has 7 heteroatoms. The summed E-state index contributed by atoms with van der Waals surface area (Å²) in [6.45, 7) is 0. The highest BCUT2D eigenvalue weighted by atomic mass is 32.2. The Morgan fingerprint density at radius 1 is 1.17 bits per heavy atom. The first-order chi connectivity index (χ1) is 14.7. The number of benzene rings is 1. The van der Waals surface area contributed by atoms with Gasteiger partial charge in [0.25, 0.3) is 0 Å². The Hall–Kier alpha value is -2.67. The van der Waals surface area contributed by atoms with Crippen LogP contribution in [0.2, 0.25) is 0 Å². The predicted molar refractivity (Wildman–Crippen MR) is 117 cm³/mol. The van der Waals surface area contributed by atoms with Crippen molar-refractivity contribution in [1.29, 1.82) is 0 Å². The minimum absolute atomic E-state index is 0.134. The van der Waals surface area contributed by atoms with Gasteiger partial charge in [-0.15, -0.1) is 10.2 Å². The molecule has 0 bridgehead atoms. The first-order valence-electron chi connectivity index (χ1n) is 10.5. The summed E-state index contributed by atoms with van der Waals surface area (Å²) in [7, 11) is 1.93. The van der Waals surface area contributed by atoms with Crippen molar-refractivity contribution in [3.8, 4) is 11.4 Å². The molecule has 1 aromatic carbocycles. The minimum atomic E-state index is 0.134. The van der Waals surface area contributed by atoms with Crippen LogP contribution in [0.4, 0.5) is 0 Å². The number of carbonyl (C=O) groups excluding carboxylic acids is 1. The third-order valence-corrected chi connectivity index (χ3v) is 6.95. The molecule has 30 heavy (non-hydrogen) atoms. The molecule has 0 saturated heterocycles. The van der Waals surface area contributed by atoms with Crippen molar-refractivity contribution in [3.05, 3.63) is 59.9 Å². The molecule has 0 aliphatic heterocycles. The largest absolute Gasteiger partial charge is 0.338 e. The van der Waals surface area contributed by atoms with Crippen molar-refractivity contribution < 1.29 is 4.79 Å². The molecule has 0 spiro atoms. The maximum absolute atomic E-state index is 13.0. The number of carbonyl (C=O) groups is 1. The van der Waals surface area contributed by atoms with Crippen LogP contribution in [0.15, 0.2) is 53.9 Å². The van der Waals surface area contributed by atoms with E-state index >= 15 is 0 Å². The molecular weight excluding hydrogens is 394 g/mol. The van der Waals surface area contributed by atoms with Gasteiger partial charge in [-0.3, -0.25) is 14.3 Å². The lowest BCUT2D eigenvalue weighted by molar-refractivity contribution is -0.129. The molecule has 2 aliphatic carbocycles. The highest BCUT2D eigenvalue weighted by Gasteiger charge is 2.31. The third-order valence-electron chi connectivity index (χ3n) is 6.02. The highest BCUT2D eigenvalue weighted by Crippen LogP contribution is 2.41. The Bertz CT molecular complexity index is 1050. The molecule has 1 unspecified atom stereocenters. The van der Waals surface area contributed by atoms with Gasteiger partial charge in [-0.05, 0) is 55.4 Å². The highest BCUT2D eigenvalue weighted by molar-refractivity contribution is 7.99. The third kappa shape index (κ3) is 3.74. The van der Waals surface area contributed by atoms with E-state index in [2.05, 4.69) is 44.0 Å². The molecule has 2 aromatic heterocycles. The van der Waals surface area contributed by atoms with E-state index < -0.39 is 0 Å². The van der Waals surface area contributed by atoms with Crippen molar-refractivity contribution in [2.75, 3.05) is 12.8 Å². The zero-order valence-electron chi connectivity index (χ0n) is 17.1. The van der Waals surface area contributed by atoms with Crippen LogP contribution in [0.1, 0.15) is 48.9 Å². The van der Waals surface area contributed by atoms with Gasteiger partial charge in [0.05, 0.1) is 11.8 Å². The van der Waals surface area contributed by atoms with Gasteiger partial charge in [-0.2, -0.15) is 0 Å². The van der Waals surface area contributed by atoms with Gasteiger partial charge in [0.1, 0.15) is 0 Å². The smallest absolute Gasteiger partial charge is 0.233 e. The summed E-state index contributed by atoms with van der Waals surface area (Å²) in [5.41, 5.74) is 3.63. The van der Waals surface area contributed by atoms with Gasteiger partial charge in [0.2, 0.25) is 5.91 Å². The molecule has 6 nitrogen and oxygen atoms in total. The number of aromatic nitrogens is 4. The molecule has 3 aromatic rings. The number of amides is 1. The second-order valence-corrected chi connectivity index (χ2v) is 8.99. The van der Waals surface area contributed by atoms with E-state index in [-0.39, 0.29) is 11.9 Å². The number of rotatable bonds is 6. The van der Waals surface area contributed by atoms with Crippen molar-refractivity contribution in [2.24, 2.45) is 0 Å². The summed E-state index contributed by atoms with van der Waals surface area (Å²) in [6.07, 6.45) is 9.08. The van der Waals surface area contributed by atoms with Crippen LogP contribution < -0.4 is 0 Å². The summed E-state index contributed by atoms with van der Waals surface area (Å²) in [5.74, 6) is 1.35.